The molecule has 19 heavy (non-hydrogen) atoms. The van der Waals surface area contributed by atoms with Gasteiger partial charge in [-0.1, -0.05) is 12.1 Å². The van der Waals surface area contributed by atoms with Crippen LogP contribution in [0.4, 0.5) is 0 Å². The number of pyridine rings is 1. The van der Waals surface area contributed by atoms with Crippen molar-refractivity contribution < 1.29 is 4.74 Å². The van der Waals surface area contributed by atoms with Gasteiger partial charge in [0, 0.05) is 23.7 Å². The molecule has 0 N–H and O–H groups in total. The monoisotopic (exact) mass is 251 g/mol. The fourth-order valence-corrected chi connectivity index (χ4v) is 1.98. The Labute approximate surface area is 111 Å². The third-order valence-corrected chi connectivity index (χ3v) is 2.99. The van der Waals surface area contributed by atoms with Crippen LogP contribution < -0.4 is 4.74 Å². The summed E-state index contributed by atoms with van der Waals surface area (Å²) < 4.78 is 5.14. The molecule has 0 bridgehead atoms. The third-order valence-electron chi connectivity index (χ3n) is 2.99. The molecule has 0 aliphatic heterocycles. The molecule has 1 aromatic carbocycles. The van der Waals surface area contributed by atoms with E-state index in [-0.39, 0.29) is 0 Å². The molecule has 4 nitrogen and oxygen atoms in total. The molecule has 2 heterocycles. The second kappa shape index (κ2) is 5.02. The van der Waals surface area contributed by atoms with Gasteiger partial charge < -0.3 is 4.74 Å². The molecule has 0 aliphatic rings. The SMILES string of the molecule is COc1ccc(Cc2cc3cncnc3cn2)cc1. The molecule has 0 fully saturated rings. The smallest absolute Gasteiger partial charge is 0.118 e. The number of hydrogen-bond acceptors (Lipinski definition) is 4. The van der Waals surface area contributed by atoms with E-state index in [4.69, 9.17) is 4.74 Å². The van der Waals surface area contributed by atoms with Gasteiger partial charge in [0.15, 0.2) is 0 Å². The Hall–Kier alpha value is -2.49. The van der Waals surface area contributed by atoms with E-state index >= 15 is 0 Å². The number of methoxy groups -OCH3 is 1. The Morgan fingerprint density at radius 2 is 1.89 bits per heavy atom. The summed E-state index contributed by atoms with van der Waals surface area (Å²) in [5, 5.41) is 1.01. The molecule has 0 atom stereocenters. The van der Waals surface area contributed by atoms with Crippen LogP contribution in [0.1, 0.15) is 11.3 Å². The lowest BCUT2D eigenvalue weighted by atomic mass is 10.1. The summed E-state index contributed by atoms with van der Waals surface area (Å²) in [6.45, 7) is 0. The summed E-state index contributed by atoms with van der Waals surface area (Å²) >= 11 is 0. The average molecular weight is 251 g/mol. The molecule has 94 valence electrons. The van der Waals surface area contributed by atoms with Gasteiger partial charge in [0.2, 0.25) is 0 Å². The van der Waals surface area contributed by atoms with Crippen molar-refractivity contribution in [1.82, 2.24) is 15.0 Å². The van der Waals surface area contributed by atoms with E-state index in [9.17, 15) is 0 Å². The Balaban J connectivity index is 1.87. The van der Waals surface area contributed by atoms with Crippen molar-refractivity contribution in [3.05, 3.63) is 60.3 Å². The van der Waals surface area contributed by atoms with E-state index in [1.165, 1.54) is 11.9 Å². The van der Waals surface area contributed by atoms with Gasteiger partial charge in [-0.3, -0.25) is 4.98 Å². The molecule has 3 rings (SSSR count). The quantitative estimate of drug-likeness (QED) is 0.718. The molecule has 4 heteroatoms. The number of ether oxygens (including phenoxy) is 1. The number of hydrogen-bond donors (Lipinski definition) is 0. The maximum absolute atomic E-state index is 5.14. The van der Waals surface area contributed by atoms with Gasteiger partial charge in [-0.15, -0.1) is 0 Å². The predicted octanol–water partition coefficient (Wildman–Crippen LogP) is 2.62. The zero-order chi connectivity index (χ0) is 13.1. The molecular weight excluding hydrogens is 238 g/mol. The molecule has 3 aromatic rings. The van der Waals surface area contributed by atoms with Crippen LogP contribution in [0.15, 0.2) is 49.1 Å². The second-order valence-electron chi connectivity index (χ2n) is 4.28. The first-order chi connectivity index (χ1) is 9.35. The van der Waals surface area contributed by atoms with Crippen LogP contribution >= 0.6 is 0 Å². The van der Waals surface area contributed by atoms with E-state index in [1.54, 1.807) is 13.3 Å². The van der Waals surface area contributed by atoms with Crippen LogP contribution in [0.3, 0.4) is 0 Å². The van der Waals surface area contributed by atoms with E-state index < -0.39 is 0 Å². The van der Waals surface area contributed by atoms with Gasteiger partial charge in [-0.25, -0.2) is 9.97 Å². The molecule has 0 spiro atoms. The average Bonchev–Trinajstić information content (AvgIpc) is 2.48. The van der Waals surface area contributed by atoms with Gasteiger partial charge in [0.05, 0.1) is 18.8 Å². The topological polar surface area (TPSA) is 47.9 Å². The molecular formula is C15H13N3O. The highest BCUT2D eigenvalue weighted by Gasteiger charge is 2.01. The summed E-state index contributed by atoms with van der Waals surface area (Å²) in [5.74, 6) is 0.864. The van der Waals surface area contributed by atoms with Gasteiger partial charge in [-0.05, 0) is 23.8 Å². The number of aromatic nitrogens is 3. The fourth-order valence-electron chi connectivity index (χ4n) is 1.98. The van der Waals surface area contributed by atoms with E-state index in [0.29, 0.717) is 0 Å². The first-order valence-electron chi connectivity index (χ1n) is 6.03. The summed E-state index contributed by atoms with van der Waals surface area (Å²) in [7, 11) is 1.67. The molecule has 0 saturated heterocycles. The van der Waals surface area contributed by atoms with E-state index in [2.05, 4.69) is 15.0 Å². The Kier molecular flexibility index (Phi) is 3.06. The Morgan fingerprint density at radius 1 is 1.05 bits per heavy atom. The summed E-state index contributed by atoms with van der Waals surface area (Å²) in [6.07, 6.45) is 5.92. The summed E-state index contributed by atoms with van der Waals surface area (Å²) in [4.78, 5) is 12.6. The van der Waals surface area contributed by atoms with Crippen molar-refractivity contribution in [2.75, 3.05) is 7.11 Å². The number of rotatable bonds is 3. The molecule has 2 aromatic heterocycles. The second-order valence-corrected chi connectivity index (χ2v) is 4.28. The van der Waals surface area contributed by atoms with E-state index in [1.807, 2.05) is 36.5 Å². The first kappa shape index (κ1) is 11.6. The lowest BCUT2D eigenvalue weighted by Crippen LogP contribution is -1.93. The lowest BCUT2D eigenvalue weighted by molar-refractivity contribution is 0.414. The number of fused-ring (bicyclic) bond motifs is 1. The standard InChI is InChI=1S/C15H13N3O/c1-19-14-4-2-11(3-5-14)6-13-7-12-8-16-10-18-15(12)9-17-13/h2-5,7-10H,6H2,1H3. The Bertz CT molecular complexity index is 695. The highest BCUT2D eigenvalue weighted by Crippen LogP contribution is 2.16. The van der Waals surface area contributed by atoms with Crippen LogP contribution in [-0.2, 0) is 6.42 Å². The molecule has 0 radical (unpaired) electrons. The molecule has 0 saturated carbocycles. The van der Waals surface area contributed by atoms with Crippen LogP contribution in [0.25, 0.3) is 10.9 Å². The minimum atomic E-state index is 0.787. The maximum Gasteiger partial charge on any atom is 0.118 e. The fraction of sp³-hybridized carbons (Fsp3) is 0.133. The number of nitrogens with zero attached hydrogens (tertiary/aromatic N) is 3. The minimum absolute atomic E-state index is 0.787. The zero-order valence-electron chi connectivity index (χ0n) is 10.6. The van der Waals surface area contributed by atoms with Crippen LogP contribution in [0.5, 0.6) is 5.75 Å². The van der Waals surface area contributed by atoms with Gasteiger partial charge in [0.25, 0.3) is 0 Å². The van der Waals surface area contributed by atoms with Crippen LogP contribution in [0, 0.1) is 0 Å². The van der Waals surface area contributed by atoms with Crippen molar-refractivity contribution >= 4 is 10.9 Å². The molecule has 0 amide bonds. The van der Waals surface area contributed by atoms with Gasteiger partial charge in [-0.2, -0.15) is 0 Å². The van der Waals surface area contributed by atoms with E-state index in [0.717, 1.165) is 28.8 Å². The Morgan fingerprint density at radius 3 is 2.68 bits per heavy atom. The van der Waals surface area contributed by atoms with Gasteiger partial charge in [0.1, 0.15) is 12.1 Å². The minimum Gasteiger partial charge on any atom is -0.497 e. The molecule has 0 unspecified atom stereocenters. The summed E-state index contributed by atoms with van der Waals surface area (Å²) in [6, 6.07) is 10.0. The van der Waals surface area contributed by atoms with Crippen molar-refractivity contribution in [1.29, 1.82) is 0 Å². The first-order valence-corrected chi connectivity index (χ1v) is 6.03. The van der Waals surface area contributed by atoms with Gasteiger partial charge >= 0.3 is 0 Å². The lowest BCUT2D eigenvalue weighted by Gasteiger charge is -2.04. The number of benzene rings is 1. The molecule has 0 aliphatic carbocycles. The van der Waals surface area contributed by atoms with Crippen molar-refractivity contribution in [3.8, 4) is 5.75 Å². The van der Waals surface area contributed by atoms with Crippen molar-refractivity contribution in [2.24, 2.45) is 0 Å². The van der Waals surface area contributed by atoms with Crippen molar-refractivity contribution in [2.45, 2.75) is 6.42 Å². The van der Waals surface area contributed by atoms with Crippen LogP contribution in [0.2, 0.25) is 0 Å². The predicted molar refractivity (Wildman–Crippen MR) is 73.1 cm³/mol. The maximum atomic E-state index is 5.14. The normalized spacial score (nSPS) is 10.6. The third kappa shape index (κ3) is 2.52. The van der Waals surface area contributed by atoms with Crippen LogP contribution in [-0.4, -0.2) is 22.1 Å². The zero-order valence-corrected chi connectivity index (χ0v) is 10.6. The highest BCUT2D eigenvalue weighted by atomic mass is 16.5. The highest BCUT2D eigenvalue weighted by molar-refractivity contribution is 5.76. The largest absolute Gasteiger partial charge is 0.497 e. The van der Waals surface area contributed by atoms with Crippen molar-refractivity contribution in [3.63, 3.8) is 0 Å². The summed E-state index contributed by atoms with van der Waals surface area (Å²) in [5.41, 5.74) is 3.07.